The van der Waals surface area contributed by atoms with Gasteiger partial charge in [-0.15, -0.1) is 0 Å². The van der Waals surface area contributed by atoms with Crippen molar-refractivity contribution in [2.45, 2.75) is 12.2 Å². The topological polar surface area (TPSA) is 112 Å². The normalized spacial score (nSPS) is 15.3. The zero-order chi connectivity index (χ0) is 9.84. The van der Waals surface area contributed by atoms with Crippen molar-refractivity contribution in [3.8, 4) is 0 Å². The van der Waals surface area contributed by atoms with E-state index in [2.05, 4.69) is 9.97 Å². The molecule has 0 aromatic carbocycles. The highest BCUT2D eigenvalue weighted by molar-refractivity contribution is 5.19. The van der Waals surface area contributed by atoms with E-state index in [0.29, 0.717) is 5.56 Å². The number of aliphatic hydroxyl groups excluding tert-OH is 3. The van der Waals surface area contributed by atoms with Gasteiger partial charge in [-0.25, -0.2) is 9.97 Å². The van der Waals surface area contributed by atoms with E-state index in [0.717, 1.165) is 0 Å². The summed E-state index contributed by atoms with van der Waals surface area (Å²) in [5.41, 5.74) is 5.54. The molecule has 0 fully saturated rings. The molecule has 2 atom stereocenters. The van der Waals surface area contributed by atoms with Crippen LogP contribution in [-0.2, 0) is 0 Å². The van der Waals surface area contributed by atoms with Gasteiger partial charge in [-0.05, 0) is 0 Å². The van der Waals surface area contributed by atoms with Gasteiger partial charge in [-0.1, -0.05) is 0 Å². The molecular weight excluding hydrogens is 174 g/mol. The van der Waals surface area contributed by atoms with Crippen LogP contribution in [0, 0.1) is 0 Å². The Morgan fingerprint density at radius 2 is 1.85 bits per heavy atom. The molecular formula is C7H11N3O3. The molecule has 72 valence electrons. The molecule has 5 N–H and O–H groups in total. The third-order valence-electron chi connectivity index (χ3n) is 1.58. The van der Waals surface area contributed by atoms with E-state index in [1.54, 1.807) is 0 Å². The first kappa shape index (κ1) is 9.85. The van der Waals surface area contributed by atoms with Crippen LogP contribution in [0.2, 0.25) is 0 Å². The Kier molecular flexibility index (Phi) is 3.13. The minimum atomic E-state index is -1.23. The fourth-order valence-corrected chi connectivity index (χ4v) is 0.823. The molecule has 6 heteroatoms. The lowest BCUT2D eigenvalue weighted by Crippen LogP contribution is -2.22. The number of rotatable bonds is 3. The van der Waals surface area contributed by atoms with Gasteiger partial charge in [0, 0.05) is 18.0 Å². The zero-order valence-electron chi connectivity index (χ0n) is 6.83. The highest BCUT2D eigenvalue weighted by Crippen LogP contribution is 2.14. The Labute approximate surface area is 74.7 Å². The summed E-state index contributed by atoms with van der Waals surface area (Å²) in [6.45, 7) is -0.522. The van der Waals surface area contributed by atoms with Gasteiger partial charge in [0.15, 0.2) is 0 Å². The van der Waals surface area contributed by atoms with Crippen molar-refractivity contribution >= 4 is 5.95 Å². The van der Waals surface area contributed by atoms with Crippen molar-refractivity contribution in [2.24, 2.45) is 0 Å². The van der Waals surface area contributed by atoms with Crippen LogP contribution >= 0.6 is 0 Å². The standard InChI is InChI=1S/C7H11N3O3/c8-7-9-1-4(2-10-7)6(13)5(12)3-11/h1-2,5-6,11-13H,3H2,(H2,8,9,10). The van der Waals surface area contributed by atoms with Gasteiger partial charge in [-0.2, -0.15) is 0 Å². The number of aromatic nitrogens is 2. The molecule has 6 nitrogen and oxygen atoms in total. The molecule has 0 spiro atoms. The zero-order valence-corrected chi connectivity index (χ0v) is 6.83. The number of anilines is 1. The van der Waals surface area contributed by atoms with Gasteiger partial charge in [0.2, 0.25) is 5.95 Å². The predicted molar refractivity (Wildman–Crippen MR) is 44.5 cm³/mol. The number of hydrogen-bond donors (Lipinski definition) is 4. The molecule has 0 aliphatic rings. The van der Waals surface area contributed by atoms with Gasteiger partial charge in [-0.3, -0.25) is 0 Å². The summed E-state index contributed by atoms with van der Waals surface area (Å²) >= 11 is 0. The average Bonchev–Trinajstić information content (AvgIpc) is 2.17. The van der Waals surface area contributed by atoms with Crippen molar-refractivity contribution in [3.05, 3.63) is 18.0 Å². The van der Waals surface area contributed by atoms with E-state index < -0.39 is 18.8 Å². The average molecular weight is 185 g/mol. The smallest absolute Gasteiger partial charge is 0.219 e. The lowest BCUT2D eigenvalue weighted by atomic mass is 10.1. The highest BCUT2D eigenvalue weighted by atomic mass is 16.4. The molecule has 0 radical (unpaired) electrons. The second kappa shape index (κ2) is 4.13. The van der Waals surface area contributed by atoms with E-state index in [-0.39, 0.29) is 5.95 Å². The van der Waals surface area contributed by atoms with E-state index in [1.807, 2.05) is 0 Å². The van der Waals surface area contributed by atoms with E-state index in [1.165, 1.54) is 12.4 Å². The van der Waals surface area contributed by atoms with Crippen LogP contribution in [0.1, 0.15) is 11.7 Å². The molecule has 1 aromatic heterocycles. The summed E-state index contributed by atoms with van der Waals surface area (Å²) < 4.78 is 0. The van der Waals surface area contributed by atoms with E-state index >= 15 is 0 Å². The quantitative estimate of drug-likeness (QED) is 0.453. The van der Waals surface area contributed by atoms with E-state index in [9.17, 15) is 5.11 Å². The lowest BCUT2D eigenvalue weighted by Gasteiger charge is -2.14. The molecule has 0 bridgehead atoms. The number of nitrogens with zero attached hydrogens (tertiary/aromatic N) is 2. The molecule has 0 aliphatic carbocycles. The molecule has 0 saturated heterocycles. The fourth-order valence-electron chi connectivity index (χ4n) is 0.823. The first-order valence-corrected chi connectivity index (χ1v) is 3.69. The Morgan fingerprint density at radius 3 is 2.31 bits per heavy atom. The number of nitrogen functional groups attached to an aromatic ring is 1. The van der Waals surface area contributed by atoms with Gasteiger partial charge in [0.05, 0.1) is 6.61 Å². The molecule has 1 aromatic rings. The van der Waals surface area contributed by atoms with Crippen LogP contribution in [0.25, 0.3) is 0 Å². The van der Waals surface area contributed by atoms with Crippen LogP contribution in [-0.4, -0.2) is 38.0 Å². The second-order valence-electron chi connectivity index (χ2n) is 2.57. The van der Waals surface area contributed by atoms with Crippen molar-refractivity contribution in [3.63, 3.8) is 0 Å². The summed E-state index contributed by atoms with van der Waals surface area (Å²) in [6, 6.07) is 0. The molecule has 0 saturated carbocycles. The van der Waals surface area contributed by atoms with Crippen molar-refractivity contribution < 1.29 is 15.3 Å². The minimum Gasteiger partial charge on any atom is -0.394 e. The Balaban J connectivity index is 2.77. The van der Waals surface area contributed by atoms with Gasteiger partial charge >= 0.3 is 0 Å². The predicted octanol–water partition coefficient (Wildman–Crippen LogP) is -1.55. The van der Waals surface area contributed by atoms with Crippen LogP contribution < -0.4 is 5.73 Å². The largest absolute Gasteiger partial charge is 0.394 e. The molecule has 2 unspecified atom stereocenters. The Hall–Kier alpha value is -1.24. The second-order valence-corrected chi connectivity index (χ2v) is 2.57. The minimum absolute atomic E-state index is 0.0921. The van der Waals surface area contributed by atoms with Crippen LogP contribution in [0.5, 0.6) is 0 Å². The van der Waals surface area contributed by atoms with Crippen LogP contribution in [0.15, 0.2) is 12.4 Å². The summed E-state index contributed by atoms with van der Waals surface area (Å²) in [5.74, 6) is 0.0921. The van der Waals surface area contributed by atoms with E-state index in [4.69, 9.17) is 15.9 Å². The number of hydrogen-bond acceptors (Lipinski definition) is 6. The molecule has 0 amide bonds. The van der Waals surface area contributed by atoms with Crippen molar-refractivity contribution in [1.29, 1.82) is 0 Å². The molecule has 1 rings (SSSR count). The fraction of sp³-hybridized carbons (Fsp3) is 0.429. The summed E-state index contributed by atoms with van der Waals surface area (Å²) in [6.07, 6.45) is 0.176. The number of aliphatic hydroxyl groups is 3. The molecule has 13 heavy (non-hydrogen) atoms. The Bertz CT molecular complexity index is 264. The van der Waals surface area contributed by atoms with Crippen LogP contribution in [0.4, 0.5) is 5.95 Å². The SMILES string of the molecule is Nc1ncc(C(O)C(O)CO)cn1. The first-order valence-electron chi connectivity index (χ1n) is 3.69. The third-order valence-corrected chi connectivity index (χ3v) is 1.58. The highest BCUT2D eigenvalue weighted by Gasteiger charge is 2.17. The van der Waals surface area contributed by atoms with Gasteiger partial charge < -0.3 is 21.1 Å². The molecule has 0 aliphatic heterocycles. The summed E-state index contributed by atoms with van der Waals surface area (Å²) in [4.78, 5) is 7.26. The first-order chi connectivity index (χ1) is 6.15. The Morgan fingerprint density at radius 1 is 1.31 bits per heavy atom. The monoisotopic (exact) mass is 185 g/mol. The molecule has 1 heterocycles. The maximum atomic E-state index is 9.35. The van der Waals surface area contributed by atoms with Crippen LogP contribution in [0.3, 0.4) is 0 Å². The summed E-state index contributed by atoms with van der Waals surface area (Å²) in [5, 5.41) is 27.0. The maximum Gasteiger partial charge on any atom is 0.219 e. The van der Waals surface area contributed by atoms with Crippen molar-refractivity contribution in [2.75, 3.05) is 12.3 Å². The van der Waals surface area contributed by atoms with Crippen molar-refractivity contribution in [1.82, 2.24) is 9.97 Å². The summed E-state index contributed by atoms with van der Waals surface area (Å²) in [7, 11) is 0. The van der Waals surface area contributed by atoms with Gasteiger partial charge in [0.25, 0.3) is 0 Å². The third kappa shape index (κ3) is 2.35. The van der Waals surface area contributed by atoms with Gasteiger partial charge in [0.1, 0.15) is 12.2 Å². The lowest BCUT2D eigenvalue weighted by molar-refractivity contribution is -0.0155. The maximum absolute atomic E-state index is 9.35. The number of nitrogens with two attached hydrogens (primary N) is 1.